The molecule has 1 aromatic carbocycles. The van der Waals surface area contributed by atoms with Crippen LogP contribution in [0.3, 0.4) is 0 Å². The number of benzene rings is 1. The Balaban J connectivity index is 1.70. The van der Waals surface area contributed by atoms with Crippen molar-refractivity contribution in [3.05, 3.63) is 41.8 Å². The van der Waals surface area contributed by atoms with Gasteiger partial charge in [-0.15, -0.1) is 0 Å². The monoisotopic (exact) mass is 317 g/mol. The standard InChI is InChI=1S/C17H20FN3O2/c1-22-14-7-5-6-13(10-14)12-23-17-19-11-15(18)16(20-17)21-8-3-2-4-9-21/h5-7,10-11H,2-4,8-9,12H2,1H3. The lowest BCUT2D eigenvalue weighted by Crippen LogP contribution is -2.31. The molecule has 23 heavy (non-hydrogen) atoms. The van der Waals surface area contributed by atoms with Crippen LogP contribution in [-0.4, -0.2) is 30.2 Å². The fourth-order valence-corrected chi connectivity index (χ4v) is 2.65. The number of halogens is 1. The van der Waals surface area contributed by atoms with Crippen molar-refractivity contribution < 1.29 is 13.9 Å². The van der Waals surface area contributed by atoms with Gasteiger partial charge in [0, 0.05) is 13.1 Å². The molecule has 0 spiro atoms. The predicted octanol–water partition coefficient (Wildman–Crippen LogP) is 3.19. The van der Waals surface area contributed by atoms with Crippen molar-refractivity contribution in [2.45, 2.75) is 25.9 Å². The Hall–Kier alpha value is -2.37. The summed E-state index contributed by atoms with van der Waals surface area (Å²) in [4.78, 5) is 10.1. The third-order valence-corrected chi connectivity index (χ3v) is 3.86. The van der Waals surface area contributed by atoms with E-state index in [1.54, 1.807) is 7.11 Å². The van der Waals surface area contributed by atoms with Crippen molar-refractivity contribution in [3.8, 4) is 11.8 Å². The lowest BCUT2D eigenvalue weighted by molar-refractivity contribution is 0.278. The maximum absolute atomic E-state index is 14.0. The van der Waals surface area contributed by atoms with Crippen molar-refractivity contribution in [1.82, 2.24) is 9.97 Å². The molecule has 6 heteroatoms. The molecule has 0 atom stereocenters. The summed E-state index contributed by atoms with van der Waals surface area (Å²) in [5.74, 6) is 0.695. The number of aromatic nitrogens is 2. The number of nitrogens with zero attached hydrogens (tertiary/aromatic N) is 3. The average molecular weight is 317 g/mol. The first-order chi connectivity index (χ1) is 11.3. The van der Waals surface area contributed by atoms with Crippen LogP contribution in [0.15, 0.2) is 30.5 Å². The number of piperidine rings is 1. The molecule has 5 nitrogen and oxygen atoms in total. The minimum absolute atomic E-state index is 0.190. The highest BCUT2D eigenvalue weighted by molar-refractivity contribution is 5.40. The summed E-state index contributed by atoms with van der Waals surface area (Å²) >= 11 is 0. The van der Waals surface area contributed by atoms with Crippen LogP contribution in [0.4, 0.5) is 10.2 Å². The highest BCUT2D eigenvalue weighted by Crippen LogP contribution is 2.22. The van der Waals surface area contributed by atoms with Gasteiger partial charge in [0.15, 0.2) is 11.6 Å². The summed E-state index contributed by atoms with van der Waals surface area (Å²) in [6.45, 7) is 1.95. The van der Waals surface area contributed by atoms with Gasteiger partial charge < -0.3 is 14.4 Å². The van der Waals surface area contributed by atoms with Gasteiger partial charge in [-0.25, -0.2) is 9.37 Å². The van der Waals surface area contributed by atoms with Crippen LogP contribution in [0.5, 0.6) is 11.8 Å². The van der Waals surface area contributed by atoms with Crippen molar-refractivity contribution in [2.24, 2.45) is 0 Å². The van der Waals surface area contributed by atoms with Gasteiger partial charge in [0.1, 0.15) is 12.4 Å². The first-order valence-corrected chi connectivity index (χ1v) is 7.79. The van der Waals surface area contributed by atoms with E-state index in [1.165, 1.54) is 12.6 Å². The van der Waals surface area contributed by atoms with Crippen molar-refractivity contribution >= 4 is 5.82 Å². The molecule has 0 aliphatic carbocycles. The Kier molecular flexibility index (Phi) is 4.90. The van der Waals surface area contributed by atoms with E-state index in [-0.39, 0.29) is 6.01 Å². The van der Waals surface area contributed by atoms with Crippen molar-refractivity contribution in [3.63, 3.8) is 0 Å². The minimum Gasteiger partial charge on any atom is -0.497 e. The normalized spacial score (nSPS) is 14.6. The van der Waals surface area contributed by atoms with E-state index in [0.717, 1.165) is 37.2 Å². The fraction of sp³-hybridized carbons (Fsp3) is 0.412. The van der Waals surface area contributed by atoms with E-state index in [0.29, 0.717) is 12.4 Å². The second-order valence-corrected chi connectivity index (χ2v) is 5.51. The van der Waals surface area contributed by atoms with Crippen LogP contribution in [0.1, 0.15) is 24.8 Å². The van der Waals surface area contributed by atoms with Gasteiger partial charge in [0.25, 0.3) is 0 Å². The van der Waals surface area contributed by atoms with Crippen molar-refractivity contribution in [1.29, 1.82) is 0 Å². The molecule has 0 amide bonds. The highest BCUT2D eigenvalue weighted by Gasteiger charge is 2.18. The van der Waals surface area contributed by atoms with E-state index in [9.17, 15) is 4.39 Å². The molecule has 1 aliphatic rings. The maximum atomic E-state index is 14.0. The second-order valence-electron chi connectivity index (χ2n) is 5.51. The Bertz CT molecular complexity index is 660. The SMILES string of the molecule is COc1cccc(COc2ncc(F)c(N3CCCCC3)n2)c1. The summed E-state index contributed by atoms with van der Waals surface area (Å²) < 4.78 is 24.8. The van der Waals surface area contributed by atoms with Gasteiger partial charge in [-0.1, -0.05) is 12.1 Å². The molecule has 1 fully saturated rings. The number of rotatable bonds is 5. The predicted molar refractivity (Wildman–Crippen MR) is 85.4 cm³/mol. The van der Waals surface area contributed by atoms with Gasteiger partial charge in [-0.2, -0.15) is 4.98 Å². The molecular weight excluding hydrogens is 297 g/mol. The molecule has 2 heterocycles. The molecule has 0 saturated carbocycles. The lowest BCUT2D eigenvalue weighted by Gasteiger charge is -2.27. The summed E-state index contributed by atoms with van der Waals surface area (Å²) in [5.41, 5.74) is 0.941. The summed E-state index contributed by atoms with van der Waals surface area (Å²) in [6.07, 6.45) is 4.48. The summed E-state index contributed by atoms with van der Waals surface area (Å²) in [6, 6.07) is 7.76. The van der Waals surface area contributed by atoms with Crippen LogP contribution in [-0.2, 0) is 6.61 Å². The van der Waals surface area contributed by atoms with E-state index >= 15 is 0 Å². The van der Waals surface area contributed by atoms with Gasteiger partial charge in [0.05, 0.1) is 13.3 Å². The van der Waals surface area contributed by atoms with Crippen LogP contribution in [0.25, 0.3) is 0 Å². The fourth-order valence-electron chi connectivity index (χ4n) is 2.65. The molecule has 1 saturated heterocycles. The van der Waals surface area contributed by atoms with E-state index < -0.39 is 5.82 Å². The first kappa shape index (κ1) is 15.5. The third-order valence-electron chi connectivity index (χ3n) is 3.86. The smallest absolute Gasteiger partial charge is 0.318 e. The number of anilines is 1. The number of methoxy groups -OCH3 is 1. The quantitative estimate of drug-likeness (QED) is 0.847. The topological polar surface area (TPSA) is 47.5 Å². The summed E-state index contributed by atoms with van der Waals surface area (Å²) in [7, 11) is 1.62. The zero-order valence-corrected chi connectivity index (χ0v) is 13.2. The maximum Gasteiger partial charge on any atom is 0.318 e. The lowest BCUT2D eigenvalue weighted by atomic mass is 10.1. The van der Waals surface area contributed by atoms with Crippen LogP contribution >= 0.6 is 0 Å². The molecule has 122 valence electrons. The molecule has 1 aliphatic heterocycles. The van der Waals surface area contributed by atoms with E-state index in [1.807, 2.05) is 29.2 Å². The minimum atomic E-state index is -0.402. The second kappa shape index (κ2) is 7.26. The Morgan fingerprint density at radius 3 is 2.83 bits per heavy atom. The Morgan fingerprint density at radius 2 is 2.04 bits per heavy atom. The molecule has 2 aromatic rings. The van der Waals surface area contributed by atoms with Gasteiger partial charge in [-0.3, -0.25) is 0 Å². The Morgan fingerprint density at radius 1 is 1.22 bits per heavy atom. The van der Waals surface area contributed by atoms with E-state index in [4.69, 9.17) is 9.47 Å². The molecular formula is C17H20FN3O2. The highest BCUT2D eigenvalue weighted by atomic mass is 19.1. The molecule has 0 bridgehead atoms. The average Bonchev–Trinajstić information content (AvgIpc) is 2.62. The third kappa shape index (κ3) is 3.88. The molecule has 0 N–H and O–H groups in total. The molecule has 0 unspecified atom stereocenters. The number of hydrogen-bond donors (Lipinski definition) is 0. The van der Waals surface area contributed by atoms with Gasteiger partial charge >= 0.3 is 6.01 Å². The zero-order valence-electron chi connectivity index (χ0n) is 13.2. The van der Waals surface area contributed by atoms with Crippen LogP contribution in [0.2, 0.25) is 0 Å². The molecule has 1 aromatic heterocycles. The largest absolute Gasteiger partial charge is 0.497 e. The number of hydrogen-bond acceptors (Lipinski definition) is 5. The van der Waals surface area contributed by atoms with Crippen LogP contribution < -0.4 is 14.4 Å². The molecule has 3 rings (SSSR count). The Labute approximate surface area is 135 Å². The van der Waals surface area contributed by atoms with Gasteiger partial charge in [-0.05, 0) is 37.0 Å². The molecule has 0 radical (unpaired) electrons. The zero-order chi connectivity index (χ0) is 16.1. The van der Waals surface area contributed by atoms with Crippen LogP contribution in [0, 0.1) is 5.82 Å². The van der Waals surface area contributed by atoms with Crippen molar-refractivity contribution in [2.75, 3.05) is 25.1 Å². The number of ether oxygens (including phenoxy) is 2. The summed E-state index contributed by atoms with van der Waals surface area (Å²) in [5, 5.41) is 0. The first-order valence-electron chi connectivity index (χ1n) is 7.79. The van der Waals surface area contributed by atoms with Gasteiger partial charge in [0.2, 0.25) is 0 Å². The van der Waals surface area contributed by atoms with E-state index in [2.05, 4.69) is 9.97 Å².